The number of benzene rings is 2. The Morgan fingerprint density at radius 2 is 1.92 bits per heavy atom. The van der Waals surface area contributed by atoms with E-state index in [9.17, 15) is 5.11 Å². The summed E-state index contributed by atoms with van der Waals surface area (Å²) in [5.41, 5.74) is 2.72. The second-order valence-electron chi connectivity index (χ2n) is 5.74. The van der Waals surface area contributed by atoms with Crippen LogP contribution in [0.1, 0.15) is 25.3 Å². The summed E-state index contributed by atoms with van der Waals surface area (Å²) in [6.45, 7) is 4.65. The Morgan fingerprint density at radius 1 is 1.21 bits per heavy atom. The number of aromatic hydroxyl groups is 1. The van der Waals surface area contributed by atoms with Gasteiger partial charge in [-0.2, -0.15) is 0 Å². The third kappa shape index (κ3) is 3.90. The number of aliphatic imine (C=N–C) groups is 1. The number of anilines is 1. The van der Waals surface area contributed by atoms with Gasteiger partial charge in [-0.25, -0.2) is 0 Å². The molecule has 1 N–H and O–H groups in total. The van der Waals surface area contributed by atoms with Gasteiger partial charge in [0.25, 0.3) is 0 Å². The molecule has 1 heterocycles. The van der Waals surface area contributed by atoms with Gasteiger partial charge >= 0.3 is 0 Å². The van der Waals surface area contributed by atoms with Gasteiger partial charge in [-0.1, -0.05) is 15.9 Å². The Morgan fingerprint density at radius 3 is 2.58 bits per heavy atom. The van der Waals surface area contributed by atoms with Gasteiger partial charge in [-0.15, -0.1) is 0 Å². The molecule has 0 bridgehead atoms. The summed E-state index contributed by atoms with van der Waals surface area (Å²) in [5.74, 6) is 0.565. The van der Waals surface area contributed by atoms with Gasteiger partial charge in [0, 0.05) is 35.0 Å². The quantitative estimate of drug-likeness (QED) is 0.740. The van der Waals surface area contributed by atoms with Crippen LogP contribution in [0, 0.1) is 0 Å². The lowest BCUT2D eigenvalue weighted by Crippen LogP contribution is -2.17. The van der Waals surface area contributed by atoms with Crippen molar-refractivity contribution in [2.24, 2.45) is 4.99 Å². The first kappa shape index (κ1) is 16.8. The Balaban J connectivity index is 1.78. The molecule has 126 valence electrons. The van der Waals surface area contributed by atoms with Crippen molar-refractivity contribution in [3.05, 3.63) is 46.4 Å². The number of hydrogen-bond donors (Lipinski definition) is 1. The van der Waals surface area contributed by atoms with Crippen LogP contribution in [0.5, 0.6) is 11.5 Å². The predicted molar refractivity (Wildman–Crippen MR) is 102 cm³/mol. The number of halogens is 1. The van der Waals surface area contributed by atoms with Crippen molar-refractivity contribution in [2.75, 3.05) is 24.6 Å². The highest BCUT2D eigenvalue weighted by molar-refractivity contribution is 9.10. The zero-order valence-electron chi connectivity index (χ0n) is 13.7. The van der Waals surface area contributed by atoms with Crippen molar-refractivity contribution in [2.45, 2.75) is 19.8 Å². The van der Waals surface area contributed by atoms with E-state index >= 15 is 0 Å². The molecule has 0 atom stereocenters. The highest BCUT2D eigenvalue weighted by atomic mass is 79.9. The summed E-state index contributed by atoms with van der Waals surface area (Å²) in [6.07, 6.45) is 4.20. The van der Waals surface area contributed by atoms with Crippen LogP contribution in [-0.2, 0) is 0 Å². The molecule has 4 nitrogen and oxygen atoms in total. The SMILES string of the molecule is CCOc1cc(Br)cc(C=Nc2ccc(N3CCCC3)cc2)c1O. The number of rotatable bonds is 5. The first-order valence-electron chi connectivity index (χ1n) is 8.22. The summed E-state index contributed by atoms with van der Waals surface area (Å²) in [5, 5.41) is 10.3. The lowest BCUT2D eigenvalue weighted by Gasteiger charge is -2.17. The fourth-order valence-corrected chi connectivity index (χ4v) is 3.28. The molecule has 0 saturated carbocycles. The van der Waals surface area contributed by atoms with Crippen molar-refractivity contribution in [3.63, 3.8) is 0 Å². The van der Waals surface area contributed by atoms with E-state index < -0.39 is 0 Å². The number of phenolic OH excluding ortho intramolecular Hbond substituents is 1. The predicted octanol–water partition coefficient (Wildman–Crippen LogP) is 4.90. The molecule has 1 aliphatic heterocycles. The molecule has 0 unspecified atom stereocenters. The second kappa shape index (κ2) is 7.71. The zero-order valence-corrected chi connectivity index (χ0v) is 15.3. The summed E-state index contributed by atoms with van der Waals surface area (Å²) < 4.78 is 6.28. The lowest BCUT2D eigenvalue weighted by atomic mass is 10.2. The van der Waals surface area contributed by atoms with Gasteiger partial charge in [0.15, 0.2) is 11.5 Å². The van der Waals surface area contributed by atoms with E-state index in [1.165, 1.54) is 18.5 Å². The average molecular weight is 389 g/mol. The highest BCUT2D eigenvalue weighted by Crippen LogP contribution is 2.33. The molecule has 1 saturated heterocycles. The molecule has 0 aliphatic carbocycles. The lowest BCUT2D eigenvalue weighted by molar-refractivity contribution is 0.317. The summed E-state index contributed by atoms with van der Waals surface area (Å²) in [4.78, 5) is 6.86. The van der Waals surface area contributed by atoms with E-state index in [1.807, 2.05) is 25.1 Å². The van der Waals surface area contributed by atoms with Gasteiger partial charge in [0.1, 0.15) is 0 Å². The van der Waals surface area contributed by atoms with E-state index in [0.717, 1.165) is 23.2 Å². The fourth-order valence-electron chi connectivity index (χ4n) is 2.83. The Hall–Kier alpha value is -2.01. The van der Waals surface area contributed by atoms with E-state index in [4.69, 9.17) is 4.74 Å². The van der Waals surface area contributed by atoms with Crippen molar-refractivity contribution < 1.29 is 9.84 Å². The van der Waals surface area contributed by atoms with E-state index in [-0.39, 0.29) is 5.75 Å². The number of ether oxygens (including phenoxy) is 1. The van der Waals surface area contributed by atoms with Crippen LogP contribution in [0.2, 0.25) is 0 Å². The molecule has 24 heavy (non-hydrogen) atoms. The van der Waals surface area contributed by atoms with Crippen LogP contribution in [0.4, 0.5) is 11.4 Å². The average Bonchev–Trinajstić information content (AvgIpc) is 3.12. The van der Waals surface area contributed by atoms with Gasteiger partial charge in [-0.3, -0.25) is 4.99 Å². The second-order valence-corrected chi connectivity index (χ2v) is 6.66. The van der Waals surface area contributed by atoms with Gasteiger partial charge in [0.05, 0.1) is 12.3 Å². The maximum atomic E-state index is 10.3. The minimum absolute atomic E-state index is 0.109. The molecule has 0 spiro atoms. The topological polar surface area (TPSA) is 45.1 Å². The third-order valence-electron chi connectivity index (χ3n) is 4.04. The minimum Gasteiger partial charge on any atom is -0.504 e. The number of phenols is 1. The van der Waals surface area contributed by atoms with Crippen LogP contribution < -0.4 is 9.64 Å². The number of hydrogen-bond acceptors (Lipinski definition) is 4. The fraction of sp³-hybridized carbons (Fsp3) is 0.316. The Labute approximate surface area is 150 Å². The molecule has 1 fully saturated rings. The molecule has 2 aromatic carbocycles. The van der Waals surface area contributed by atoms with Gasteiger partial charge < -0.3 is 14.7 Å². The summed E-state index contributed by atoms with van der Waals surface area (Å²) in [7, 11) is 0. The first-order valence-corrected chi connectivity index (χ1v) is 9.01. The van der Waals surface area contributed by atoms with Crippen LogP contribution in [0.15, 0.2) is 45.9 Å². The van der Waals surface area contributed by atoms with Gasteiger partial charge in [0.2, 0.25) is 0 Å². The van der Waals surface area contributed by atoms with Crippen LogP contribution in [0.25, 0.3) is 0 Å². The van der Waals surface area contributed by atoms with Gasteiger partial charge in [-0.05, 0) is 56.2 Å². The maximum absolute atomic E-state index is 10.3. The standard InChI is InChI=1S/C19H21BrN2O2/c1-2-24-18-12-15(20)11-14(19(18)23)13-21-16-5-7-17(8-6-16)22-9-3-4-10-22/h5-8,11-13,23H,2-4,9-10H2,1H3. The zero-order chi connectivity index (χ0) is 16.9. The van der Waals surface area contributed by atoms with Crippen LogP contribution >= 0.6 is 15.9 Å². The minimum atomic E-state index is 0.109. The molecule has 0 amide bonds. The van der Waals surface area contributed by atoms with E-state index in [0.29, 0.717) is 17.9 Å². The Kier molecular flexibility index (Phi) is 5.41. The normalized spacial score (nSPS) is 14.5. The molecular weight excluding hydrogens is 368 g/mol. The molecule has 0 radical (unpaired) electrons. The summed E-state index contributed by atoms with van der Waals surface area (Å²) in [6, 6.07) is 11.8. The highest BCUT2D eigenvalue weighted by Gasteiger charge is 2.12. The van der Waals surface area contributed by atoms with Crippen LogP contribution in [-0.4, -0.2) is 31.0 Å². The third-order valence-corrected chi connectivity index (χ3v) is 4.50. The van der Waals surface area contributed by atoms with Crippen LogP contribution in [0.3, 0.4) is 0 Å². The van der Waals surface area contributed by atoms with Crippen molar-refractivity contribution in [1.29, 1.82) is 0 Å². The maximum Gasteiger partial charge on any atom is 0.166 e. The monoisotopic (exact) mass is 388 g/mol. The molecule has 3 rings (SSSR count). The molecule has 2 aromatic rings. The number of nitrogens with zero attached hydrogens (tertiary/aromatic N) is 2. The Bertz CT molecular complexity index is 723. The van der Waals surface area contributed by atoms with Crippen molar-refractivity contribution in [3.8, 4) is 11.5 Å². The molecule has 0 aromatic heterocycles. The summed E-state index contributed by atoms with van der Waals surface area (Å²) >= 11 is 3.43. The molecule has 5 heteroatoms. The van der Waals surface area contributed by atoms with Crippen molar-refractivity contribution in [1.82, 2.24) is 0 Å². The molecule has 1 aliphatic rings. The van der Waals surface area contributed by atoms with E-state index in [2.05, 4.69) is 38.0 Å². The first-order chi connectivity index (χ1) is 11.7. The van der Waals surface area contributed by atoms with E-state index in [1.54, 1.807) is 12.3 Å². The molecular formula is C19H21BrN2O2. The smallest absolute Gasteiger partial charge is 0.166 e. The largest absolute Gasteiger partial charge is 0.504 e. The van der Waals surface area contributed by atoms with Crippen molar-refractivity contribution >= 4 is 33.5 Å².